The number of hydrogen-bond acceptors (Lipinski definition) is 8. The fourth-order valence-corrected chi connectivity index (χ4v) is 8.84. The molecule has 52 heavy (non-hydrogen) atoms. The zero-order valence-electron chi connectivity index (χ0n) is 28.4. The molecule has 3 aliphatic rings. The fourth-order valence-electron chi connectivity index (χ4n) is 8.84. The molecular weight excluding hydrogens is 660 g/mol. The highest BCUT2D eigenvalue weighted by atomic mass is 16.6. The van der Waals surface area contributed by atoms with E-state index in [1.165, 1.54) is 25.3 Å². The molecule has 1 saturated heterocycles. The van der Waals surface area contributed by atoms with Crippen LogP contribution in [0.3, 0.4) is 0 Å². The molecule has 5 aromatic rings. The van der Waals surface area contributed by atoms with Gasteiger partial charge in [0, 0.05) is 6.07 Å². The van der Waals surface area contributed by atoms with Crippen molar-refractivity contribution in [2.75, 3.05) is 26.2 Å². The Morgan fingerprint density at radius 1 is 0.596 bits per heavy atom. The summed E-state index contributed by atoms with van der Waals surface area (Å²) in [5, 5.41) is 11.7. The fraction of sp³-hybridized carbons (Fsp3) is 0.167. The predicted octanol–water partition coefficient (Wildman–Crippen LogP) is 6.81. The van der Waals surface area contributed by atoms with Crippen molar-refractivity contribution < 1.29 is 33.5 Å². The zero-order chi connectivity index (χ0) is 36.4. The monoisotopic (exact) mass is 692 g/mol. The van der Waals surface area contributed by atoms with E-state index in [1.807, 2.05) is 109 Å². The number of ketones is 1. The van der Waals surface area contributed by atoms with Crippen LogP contribution in [-0.2, 0) is 25.2 Å². The summed E-state index contributed by atoms with van der Waals surface area (Å²) < 4.78 is 16.6. The van der Waals surface area contributed by atoms with Crippen molar-refractivity contribution in [3.63, 3.8) is 0 Å². The van der Waals surface area contributed by atoms with Crippen LogP contribution in [0.5, 0.6) is 17.2 Å². The molecule has 10 nitrogen and oxygen atoms in total. The van der Waals surface area contributed by atoms with E-state index < -0.39 is 39.4 Å². The number of ether oxygens (including phenoxy) is 3. The number of non-ortho nitro benzene ring substituents is 1. The van der Waals surface area contributed by atoms with E-state index in [2.05, 4.69) is 0 Å². The van der Waals surface area contributed by atoms with Gasteiger partial charge in [0.15, 0.2) is 5.78 Å². The van der Waals surface area contributed by atoms with Crippen molar-refractivity contribution in [2.24, 2.45) is 11.8 Å². The highest BCUT2D eigenvalue weighted by Gasteiger charge is 2.82. The lowest BCUT2D eigenvalue weighted by atomic mass is 9.59. The second-order valence-electron chi connectivity index (χ2n) is 13.0. The van der Waals surface area contributed by atoms with Gasteiger partial charge in [-0.05, 0) is 63.7 Å². The van der Waals surface area contributed by atoms with Gasteiger partial charge in [0.05, 0.1) is 60.7 Å². The highest BCUT2D eigenvalue weighted by molar-refractivity contribution is 6.39. The van der Waals surface area contributed by atoms with Crippen LogP contribution in [-0.4, -0.2) is 43.9 Å². The number of fused-ring (bicyclic) bond motifs is 5. The number of nitro benzene ring substituents is 1. The Morgan fingerprint density at radius 3 is 1.42 bits per heavy atom. The number of hydrogen-bond donors (Lipinski definition) is 0. The van der Waals surface area contributed by atoms with E-state index in [4.69, 9.17) is 14.2 Å². The number of nitro groups is 1. The molecule has 2 aliphatic carbocycles. The molecule has 2 amide bonds. The maximum atomic E-state index is 16.1. The van der Waals surface area contributed by atoms with Crippen LogP contribution in [0.2, 0.25) is 0 Å². The first-order valence-corrected chi connectivity index (χ1v) is 16.6. The Morgan fingerprint density at radius 2 is 1.04 bits per heavy atom. The third kappa shape index (κ3) is 4.21. The van der Waals surface area contributed by atoms with E-state index in [-0.39, 0.29) is 22.9 Å². The summed E-state index contributed by atoms with van der Waals surface area (Å²) in [6.07, 6.45) is 0. The third-order valence-electron chi connectivity index (χ3n) is 10.8. The van der Waals surface area contributed by atoms with Crippen LogP contribution in [0.25, 0.3) is 11.1 Å². The van der Waals surface area contributed by atoms with Gasteiger partial charge in [-0.15, -0.1) is 0 Å². The lowest BCUT2D eigenvalue weighted by molar-refractivity contribution is -0.384. The van der Waals surface area contributed by atoms with Gasteiger partial charge in [-0.2, -0.15) is 0 Å². The number of carbonyl (C=O) groups excluding carboxylic acids is 3. The van der Waals surface area contributed by atoms with Crippen LogP contribution in [0.15, 0.2) is 127 Å². The van der Waals surface area contributed by atoms with E-state index in [1.54, 1.807) is 14.2 Å². The minimum absolute atomic E-state index is 0.0178. The van der Waals surface area contributed by atoms with Crippen molar-refractivity contribution in [1.82, 2.24) is 0 Å². The molecule has 5 aromatic carbocycles. The summed E-state index contributed by atoms with van der Waals surface area (Å²) >= 11 is 0. The van der Waals surface area contributed by atoms with Crippen LogP contribution >= 0.6 is 0 Å². The molecule has 0 spiro atoms. The van der Waals surface area contributed by atoms with E-state index in [0.29, 0.717) is 44.9 Å². The van der Waals surface area contributed by atoms with Crippen molar-refractivity contribution >= 4 is 40.1 Å². The topological polar surface area (TPSA) is 125 Å². The Labute approximate surface area is 299 Å². The molecule has 1 aliphatic heterocycles. The van der Waals surface area contributed by atoms with Crippen molar-refractivity contribution in [1.29, 1.82) is 0 Å². The van der Waals surface area contributed by atoms with Crippen LogP contribution in [0, 0.1) is 22.0 Å². The summed E-state index contributed by atoms with van der Waals surface area (Å²) in [5.74, 6) is -2.65. The predicted molar refractivity (Wildman–Crippen MR) is 193 cm³/mol. The van der Waals surface area contributed by atoms with E-state index in [0.717, 1.165) is 4.90 Å². The molecule has 258 valence electrons. The molecular formula is C42H32N2O8. The number of imide groups is 1. The SMILES string of the molecule is COc1ccc(C2=C(c3ccc(OC)cc3)[C@@]3(c4ccccc4)C(=O)[C@@]2(c2ccccc2)[C@@H]2C(=O)N(c4ccc([N+](=O)[O-])cc4OC)C(=O)[C@H]23)cc1. The standard InChI is InChI=1S/C42H32N2O8/c1-50-30-19-14-25(15-20-30)34-35(26-16-21-31(51-2)22-17-26)42(28-12-8-5-9-13-28)37-36(41(34,40(42)47)27-10-6-4-7-11-27)38(45)43(39(37)46)32-23-18-29(44(48)49)24-33(32)52-3/h4-24,36-37H,1-3H3/t36-,37-,41+,42+/m0/s1. The Balaban J connectivity index is 1.52. The van der Waals surface area contributed by atoms with Gasteiger partial charge >= 0.3 is 0 Å². The van der Waals surface area contributed by atoms with Gasteiger partial charge in [-0.1, -0.05) is 84.9 Å². The summed E-state index contributed by atoms with van der Waals surface area (Å²) in [5.41, 5.74) is 0.262. The smallest absolute Gasteiger partial charge is 0.273 e. The molecule has 0 unspecified atom stereocenters. The van der Waals surface area contributed by atoms with Gasteiger partial charge in [-0.3, -0.25) is 24.5 Å². The first kappa shape index (κ1) is 32.6. The summed E-state index contributed by atoms with van der Waals surface area (Å²) in [7, 11) is 4.47. The number of methoxy groups -OCH3 is 3. The molecule has 0 N–H and O–H groups in total. The molecule has 1 saturated carbocycles. The molecule has 4 atom stereocenters. The number of anilines is 1. The normalized spacial score (nSPS) is 23.2. The first-order chi connectivity index (χ1) is 25.2. The van der Waals surface area contributed by atoms with Gasteiger partial charge in [-0.25, -0.2) is 4.90 Å². The molecule has 2 fully saturated rings. The minimum Gasteiger partial charge on any atom is -0.497 e. The maximum Gasteiger partial charge on any atom is 0.273 e. The number of benzene rings is 5. The molecule has 10 heteroatoms. The maximum absolute atomic E-state index is 16.1. The van der Waals surface area contributed by atoms with Crippen molar-refractivity contribution in [2.45, 2.75) is 10.8 Å². The first-order valence-electron chi connectivity index (χ1n) is 16.6. The summed E-state index contributed by atoms with van der Waals surface area (Å²) in [6.45, 7) is 0. The molecule has 8 rings (SSSR count). The second kappa shape index (κ2) is 12.1. The molecule has 1 heterocycles. The highest BCUT2D eigenvalue weighted by Crippen LogP contribution is 2.74. The van der Waals surface area contributed by atoms with Gasteiger partial charge in [0.25, 0.3) is 5.69 Å². The Kier molecular flexibility index (Phi) is 7.56. The quantitative estimate of drug-likeness (QED) is 0.0938. The summed E-state index contributed by atoms with van der Waals surface area (Å²) in [6, 6.07) is 36.8. The van der Waals surface area contributed by atoms with Gasteiger partial charge < -0.3 is 14.2 Å². The van der Waals surface area contributed by atoms with Crippen molar-refractivity contribution in [3.8, 4) is 17.2 Å². The third-order valence-corrected chi connectivity index (χ3v) is 10.8. The van der Waals surface area contributed by atoms with Gasteiger partial charge in [0.2, 0.25) is 11.8 Å². The molecule has 0 aromatic heterocycles. The lowest BCUT2D eigenvalue weighted by Crippen LogP contribution is -2.45. The average molecular weight is 693 g/mol. The number of carbonyl (C=O) groups is 3. The number of rotatable bonds is 9. The number of amides is 2. The Hall–Kier alpha value is -6.55. The molecule has 2 bridgehead atoms. The number of allylic oxidation sites excluding steroid dienone is 2. The minimum atomic E-state index is -1.64. The zero-order valence-corrected chi connectivity index (χ0v) is 28.4. The lowest BCUT2D eigenvalue weighted by Gasteiger charge is -2.39. The number of Topliss-reactive ketones (excluding diaryl/α,β-unsaturated/α-hetero) is 1. The summed E-state index contributed by atoms with van der Waals surface area (Å²) in [4.78, 5) is 58.8. The van der Waals surface area contributed by atoms with E-state index in [9.17, 15) is 10.1 Å². The molecule has 0 radical (unpaired) electrons. The van der Waals surface area contributed by atoms with Gasteiger partial charge in [0.1, 0.15) is 17.2 Å². The average Bonchev–Trinajstić information content (AvgIpc) is 3.70. The van der Waals surface area contributed by atoms with E-state index >= 15 is 14.4 Å². The Bertz CT molecular complexity index is 2180. The number of nitrogens with zero attached hydrogens (tertiary/aromatic N) is 2. The van der Waals surface area contributed by atoms with Crippen molar-refractivity contribution in [3.05, 3.63) is 160 Å². The largest absolute Gasteiger partial charge is 0.497 e. The second-order valence-corrected chi connectivity index (χ2v) is 13.0. The van der Waals surface area contributed by atoms with Crippen LogP contribution in [0.1, 0.15) is 22.3 Å². The van der Waals surface area contributed by atoms with Crippen LogP contribution in [0.4, 0.5) is 11.4 Å². The van der Waals surface area contributed by atoms with Crippen LogP contribution < -0.4 is 19.1 Å².